The Kier molecular flexibility index (Phi) is 10.4. The van der Waals surface area contributed by atoms with Crippen LogP contribution in [0.15, 0.2) is 46.1 Å². The molecule has 0 heterocycles. The lowest BCUT2D eigenvalue weighted by molar-refractivity contribution is -0.153. The molecule has 0 aromatic heterocycles. The van der Waals surface area contributed by atoms with Gasteiger partial charge < -0.3 is 9.84 Å². The lowest BCUT2D eigenvalue weighted by Crippen LogP contribution is -2.22. The number of rotatable bonds is 11. The number of aryl methyl sites for hydroxylation is 1. The second-order valence-corrected chi connectivity index (χ2v) is 8.05. The van der Waals surface area contributed by atoms with Gasteiger partial charge in [-0.15, -0.1) is 0 Å². The first kappa shape index (κ1) is 26.3. The van der Waals surface area contributed by atoms with E-state index in [1.165, 1.54) is 5.57 Å². The van der Waals surface area contributed by atoms with E-state index in [4.69, 9.17) is 9.84 Å². The molecule has 5 heteroatoms. The van der Waals surface area contributed by atoms with Crippen molar-refractivity contribution in [3.63, 3.8) is 0 Å². The van der Waals surface area contributed by atoms with Crippen molar-refractivity contribution < 1.29 is 19.0 Å². The van der Waals surface area contributed by atoms with Crippen LogP contribution in [-0.4, -0.2) is 24.2 Å². The number of alkyl halides is 1. The van der Waals surface area contributed by atoms with Gasteiger partial charge in [0.25, 0.3) is 0 Å². The van der Waals surface area contributed by atoms with Gasteiger partial charge in [0.15, 0.2) is 0 Å². The Morgan fingerprint density at radius 2 is 1.94 bits per heavy atom. The van der Waals surface area contributed by atoms with Gasteiger partial charge in [0.1, 0.15) is 5.75 Å². The molecule has 1 rings (SSSR count). The van der Waals surface area contributed by atoms with Crippen LogP contribution >= 0.6 is 0 Å². The van der Waals surface area contributed by atoms with Gasteiger partial charge in [-0.3, -0.25) is 4.99 Å². The van der Waals surface area contributed by atoms with Crippen molar-refractivity contribution in [3.8, 4) is 5.75 Å². The van der Waals surface area contributed by atoms with Crippen molar-refractivity contribution in [1.82, 2.24) is 0 Å². The number of carboxylic acids is 1. The van der Waals surface area contributed by atoms with E-state index >= 15 is 0 Å². The number of carboxylic acid groups (broad SMARTS) is 1. The number of hydrogen-bond donors (Lipinski definition) is 1. The molecule has 31 heavy (non-hydrogen) atoms. The highest BCUT2D eigenvalue weighted by Gasteiger charge is 2.20. The predicted octanol–water partition coefficient (Wildman–Crippen LogP) is 6.83. The van der Waals surface area contributed by atoms with Gasteiger partial charge in [-0.1, -0.05) is 39.0 Å². The van der Waals surface area contributed by atoms with Crippen molar-refractivity contribution in [2.45, 2.75) is 74.1 Å². The summed E-state index contributed by atoms with van der Waals surface area (Å²) in [4.78, 5) is 15.0. The standard InChI is InChI=1S/C26H36FNO3/c1-9-12-21(16(2)3)24(28-8)17(4)13-10-11-14-22-18(5)15-23(20(7)19(22)6)31-25(27)26(29)30/h10,12-13,15-16,25H,8-9,11,14H2,1-7H3,(H,29,30)/b13-10-,21-12-,24-17-. The Hall–Kier alpha value is -2.69. The van der Waals surface area contributed by atoms with Crippen LogP contribution in [-0.2, 0) is 11.2 Å². The number of carbonyl (C=O) groups is 1. The normalized spacial score (nSPS) is 14.0. The summed E-state index contributed by atoms with van der Waals surface area (Å²) < 4.78 is 18.4. The maximum atomic E-state index is 13.5. The first-order valence-corrected chi connectivity index (χ1v) is 10.7. The molecule has 1 unspecified atom stereocenters. The van der Waals surface area contributed by atoms with Crippen molar-refractivity contribution in [2.24, 2.45) is 10.9 Å². The van der Waals surface area contributed by atoms with Crippen LogP contribution in [0.5, 0.6) is 5.75 Å². The number of allylic oxidation sites excluding steroid dienone is 5. The van der Waals surface area contributed by atoms with Gasteiger partial charge in [0.05, 0.1) is 5.70 Å². The van der Waals surface area contributed by atoms with Crippen LogP contribution in [0.4, 0.5) is 4.39 Å². The summed E-state index contributed by atoms with van der Waals surface area (Å²) in [5, 5.41) is 8.74. The summed E-state index contributed by atoms with van der Waals surface area (Å²) in [5.41, 5.74) is 7.11. The molecule has 0 fully saturated rings. The van der Waals surface area contributed by atoms with Gasteiger partial charge in [-0.2, -0.15) is 4.39 Å². The smallest absolute Gasteiger partial charge is 0.378 e. The van der Waals surface area contributed by atoms with E-state index in [9.17, 15) is 9.18 Å². The minimum atomic E-state index is -2.37. The third kappa shape index (κ3) is 7.20. The minimum Gasteiger partial charge on any atom is -0.476 e. The fourth-order valence-electron chi connectivity index (χ4n) is 3.60. The van der Waals surface area contributed by atoms with E-state index < -0.39 is 12.3 Å². The first-order valence-electron chi connectivity index (χ1n) is 10.7. The van der Waals surface area contributed by atoms with E-state index in [2.05, 4.69) is 57.6 Å². The van der Waals surface area contributed by atoms with Gasteiger partial charge in [0.2, 0.25) is 0 Å². The van der Waals surface area contributed by atoms with E-state index in [1.54, 1.807) is 6.07 Å². The summed E-state index contributed by atoms with van der Waals surface area (Å²) in [6.07, 6.45) is 6.66. The Bertz CT molecular complexity index is 894. The number of aliphatic carboxylic acids is 1. The quantitative estimate of drug-likeness (QED) is 0.310. The lowest BCUT2D eigenvalue weighted by atomic mass is 9.93. The van der Waals surface area contributed by atoms with Crippen LogP contribution in [0.3, 0.4) is 0 Å². The second kappa shape index (κ2) is 12.2. The van der Waals surface area contributed by atoms with Crippen LogP contribution in [0.1, 0.15) is 62.8 Å². The summed E-state index contributed by atoms with van der Waals surface area (Å²) in [6.45, 7) is 18.0. The molecule has 1 atom stereocenters. The molecule has 0 radical (unpaired) electrons. The number of aliphatic imine (C=N–C) groups is 1. The molecular formula is C26H36FNO3. The molecule has 1 N–H and O–H groups in total. The Labute approximate surface area is 186 Å². The average molecular weight is 430 g/mol. The zero-order valence-electron chi connectivity index (χ0n) is 19.9. The van der Waals surface area contributed by atoms with Crippen LogP contribution < -0.4 is 4.74 Å². The molecule has 1 aromatic carbocycles. The molecule has 0 saturated carbocycles. The van der Waals surface area contributed by atoms with Gasteiger partial charge in [-0.25, -0.2) is 4.79 Å². The fourth-order valence-corrected chi connectivity index (χ4v) is 3.60. The zero-order valence-corrected chi connectivity index (χ0v) is 19.9. The molecule has 4 nitrogen and oxygen atoms in total. The molecule has 0 aliphatic carbocycles. The minimum absolute atomic E-state index is 0.272. The van der Waals surface area contributed by atoms with Crippen molar-refractivity contribution >= 4 is 12.7 Å². The average Bonchev–Trinajstić information content (AvgIpc) is 2.70. The van der Waals surface area contributed by atoms with E-state index in [0.717, 1.165) is 52.8 Å². The number of ether oxygens (including phenoxy) is 1. The maximum Gasteiger partial charge on any atom is 0.378 e. The third-order valence-corrected chi connectivity index (χ3v) is 5.41. The van der Waals surface area contributed by atoms with Crippen LogP contribution in [0, 0.1) is 26.7 Å². The first-order chi connectivity index (χ1) is 14.5. The summed E-state index contributed by atoms with van der Waals surface area (Å²) in [7, 11) is 0. The second-order valence-electron chi connectivity index (χ2n) is 8.05. The molecule has 1 aromatic rings. The molecule has 0 amide bonds. The van der Waals surface area contributed by atoms with Crippen molar-refractivity contribution in [1.29, 1.82) is 0 Å². The topological polar surface area (TPSA) is 58.9 Å². The Morgan fingerprint density at radius 3 is 2.45 bits per heavy atom. The summed E-state index contributed by atoms with van der Waals surface area (Å²) in [6, 6.07) is 1.71. The Morgan fingerprint density at radius 1 is 1.29 bits per heavy atom. The van der Waals surface area contributed by atoms with Gasteiger partial charge >= 0.3 is 12.3 Å². The number of benzene rings is 1. The van der Waals surface area contributed by atoms with E-state index in [-0.39, 0.29) is 5.75 Å². The lowest BCUT2D eigenvalue weighted by Gasteiger charge is -2.17. The highest BCUT2D eigenvalue weighted by Crippen LogP contribution is 2.30. The molecule has 0 spiro atoms. The third-order valence-electron chi connectivity index (χ3n) is 5.41. The van der Waals surface area contributed by atoms with Crippen LogP contribution in [0.25, 0.3) is 0 Å². The van der Waals surface area contributed by atoms with Gasteiger partial charge in [0, 0.05) is 0 Å². The maximum absolute atomic E-state index is 13.5. The SMILES string of the molecule is C=NC(/C(=C\CC)C(C)C)=C(C)\C=C/CCc1c(C)cc(OC(F)C(=O)O)c(C)c1C. The van der Waals surface area contributed by atoms with Crippen molar-refractivity contribution in [3.05, 3.63) is 63.4 Å². The van der Waals surface area contributed by atoms with Crippen LogP contribution in [0.2, 0.25) is 0 Å². The van der Waals surface area contributed by atoms with Crippen molar-refractivity contribution in [2.75, 3.05) is 0 Å². The number of hydrogen-bond acceptors (Lipinski definition) is 3. The monoisotopic (exact) mass is 429 g/mol. The Balaban J connectivity index is 3.02. The molecule has 0 bridgehead atoms. The predicted molar refractivity (Wildman–Crippen MR) is 127 cm³/mol. The zero-order chi connectivity index (χ0) is 23.7. The molecule has 0 aliphatic heterocycles. The molecule has 0 saturated heterocycles. The summed E-state index contributed by atoms with van der Waals surface area (Å²) >= 11 is 0. The summed E-state index contributed by atoms with van der Waals surface area (Å²) in [5.74, 6) is -0.980. The molecular weight excluding hydrogens is 393 g/mol. The van der Waals surface area contributed by atoms with E-state index in [0.29, 0.717) is 5.92 Å². The number of nitrogens with zero attached hydrogens (tertiary/aromatic N) is 1. The highest BCUT2D eigenvalue weighted by atomic mass is 19.1. The van der Waals surface area contributed by atoms with E-state index in [1.807, 2.05) is 20.8 Å². The number of halogens is 1. The largest absolute Gasteiger partial charge is 0.476 e. The molecule has 170 valence electrons. The fraction of sp³-hybridized carbons (Fsp3) is 0.462. The van der Waals surface area contributed by atoms with Gasteiger partial charge in [-0.05, 0) is 99.1 Å². The highest BCUT2D eigenvalue weighted by molar-refractivity contribution is 5.71. The molecule has 0 aliphatic rings.